The highest BCUT2D eigenvalue weighted by atomic mass is 19.1. The lowest BCUT2D eigenvalue weighted by Gasteiger charge is -2.20. The van der Waals surface area contributed by atoms with Crippen LogP contribution in [-0.2, 0) is 4.74 Å². The molecule has 0 radical (unpaired) electrons. The van der Waals surface area contributed by atoms with Crippen LogP contribution < -0.4 is 10.6 Å². The maximum atomic E-state index is 13.5. The summed E-state index contributed by atoms with van der Waals surface area (Å²) in [5, 5.41) is 0. The van der Waals surface area contributed by atoms with Crippen LogP contribution in [0.25, 0.3) is 0 Å². The zero-order valence-electron chi connectivity index (χ0n) is 10.0. The van der Waals surface area contributed by atoms with Gasteiger partial charge in [0.25, 0.3) is 0 Å². The Morgan fingerprint density at radius 3 is 2.69 bits per heavy atom. The van der Waals surface area contributed by atoms with Crippen molar-refractivity contribution in [2.75, 3.05) is 30.8 Å². The van der Waals surface area contributed by atoms with Gasteiger partial charge in [0.2, 0.25) is 0 Å². The smallest absolute Gasteiger partial charge is 0.148 e. The number of likely N-dealkylation sites (N-methyl/N-ethyl adjacent to an activating group) is 1. The Kier molecular flexibility index (Phi) is 4.55. The van der Waals surface area contributed by atoms with Gasteiger partial charge in [0, 0.05) is 19.3 Å². The van der Waals surface area contributed by atoms with E-state index in [1.54, 1.807) is 12.1 Å². The molecule has 0 heterocycles. The SMILES string of the molecule is CC(C)OCCN(C)c1ccc(N)cc1F. The molecule has 16 heavy (non-hydrogen) atoms. The Morgan fingerprint density at radius 2 is 2.12 bits per heavy atom. The molecule has 1 rings (SSSR count). The van der Waals surface area contributed by atoms with Crippen LogP contribution in [0.1, 0.15) is 13.8 Å². The van der Waals surface area contributed by atoms with Crippen molar-refractivity contribution in [3.05, 3.63) is 24.0 Å². The first kappa shape index (κ1) is 12.8. The monoisotopic (exact) mass is 226 g/mol. The van der Waals surface area contributed by atoms with E-state index >= 15 is 0 Å². The molecule has 0 aliphatic heterocycles. The first-order valence-corrected chi connectivity index (χ1v) is 5.38. The molecule has 0 fully saturated rings. The third-order valence-corrected chi connectivity index (χ3v) is 2.26. The van der Waals surface area contributed by atoms with E-state index in [4.69, 9.17) is 10.5 Å². The molecule has 0 aliphatic carbocycles. The molecule has 0 unspecified atom stereocenters. The average molecular weight is 226 g/mol. The van der Waals surface area contributed by atoms with Gasteiger partial charge >= 0.3 is 0 Å². The Hall–Kier alpha value is -1.29. The predicted molar refractivity (Wildman–Crippen MR) is 65.2 cm³/mol. The number of nitrogens with two attached hydrogens (primary N) is 1. The lowest BCUT2D eigenvalue weighted by atomic mass is 10.2. The minimum Gasteiger partial charge on any atom is -0.399 e. The summed E-state index contributed by atoms with van der Waals surface area (Å²) in [6.07, 6.45) is 0.199. The first-order valence-electron chi connectivity index (χ1n) is 5.38. The summed E-state index contributed by atoms with van der Waals surface area (Å²) in [6, 6.07) is 4.70. The quantitative estimate of drug-likeness (QED) is 0.783. The van der Waals surface area contributed by atoms with Gasteiger partial charge in [0.15, 0.2) is 0 Å². The zero-order chi connectivity index (χ0) is 12.1. The summed E-state index contributed by atoms with van der Waals surface area (Å²) in [4.78, 5) is 1.82. The minimum atomic E-state index is -0.299. The molecule has 2 N–H and O–H groups in total. The van der Waals surface area contributed by atoms with Crippen LogP contribution in [0.3, 0.4) is 0 Å². The average Bonchev–Trinajstić information content (AvgIpc) is 2.16. The number of halogens is 1. The third kappa shape index (κ3) is 3.70. The largest absolute Gasteiger partial charge is 0.399 e. The van der Waals surface area contributed by atoms with Crippen LogP contribution >= 0.6 is 0 Å². The van der Waals surface area contributed by atoms with Crippen LogP contribution in [0.5, 0.6) is 0 Å². The second kappa shape index (κ2) is 5.70. The molecule has 0 amide bonds. The van der Waals surface area contributed by atoms with Gasteiger partial charge in [-0.15, -0.1) is 0 Å². The van der Waals surface area contributed by atoms with Gasteiger partial charge in [0.1, 0.15) is 5.82 Å². The van der Waals surface area contributed by atoms with Crippen LogP contribution in [0.2, 0.25) is 0 Å². The van der Waals surface area contributed by atoms with Gasteiger partial charge < -0.3 is 15.4 Å². The molecule has 0 aliphatic rings. The van der Waals surface area contributed by atoms with Crippen LogP contribution in [0, 0.1) is 5.82 Å². The van der Waals surface area contributed by atoms with Crippen molar-refractivity contribution in [1.82, 2.24) is 0 Å². The molecule has 0 spiro atoms. The summed E-state index contributed by atoms with van der Waals surface area (Å²) in [5.74, 6) is -0.299. The topological polar surface area (TPSA) is 38.5 Å². The van der Waals surface area contributed by atoms with Crippen molar-refractivity contribution >= 4 is 11.4 Å². The Morgan fingerprint density at radius 1 is 1.44 bits per heavy atom. The van der Waals surface area contributed by atoms with Crippen molar-refractivity contribution in [2.24, 2.45) is 0 Å². The summed E-state index contributed by atoms with van der Waals surface area (Å²) in [5.41, 5.74) is 6.47. The summed E-state index contributed by atoms with van der Waals surface area (Å²) in [6.45, 7) is 5.19. The lowest BCUT2D eigenvalue weighted by Crippen LogP contribution is -2.24. The fourth-order valence-corrected chi connectivity index (χ4v) is 1.38. The van der Waals surface area contributed by atoms with Crippen molar-refractivity contribution in [3.8, 4) is 0 Å². The molecule has 1 aromatic rings. The maximum Gasteiger partial charge on any atom is 0.148 e. The van der Waals surface area contributed by atoms with E-state index in [-0.39, 0.29) is 11.9 Å². The zero-order valence-corrected chi connectivity index (χ0v) is 10.0. The highest BCUT2D eigenvalue weighted by molar-refractivity contribution is 5.53. The predicted octanol–water partition coefficient (Wildman–Crippen LogP) is 2.27. The van der Waals surface area contributed by atoms with E-state index in [9.17, 15) is 4.39 Å². The van der Waals surface area contributed by atoms with Gasteiger partial charge in [-0.05, 0) is 32.0 Å². The normalized spacial score (nSPS) is 10.8. The highest BCUT2D eigenvalue weighted by Crippen LogP contribution is 2.20. The Balaban J connectivity index is 2.55. The number of benzene rings is 1. The number of rotatable bonds is 5. The molecular weight excluding hydrogens is 207 g/mol. The third-order valence-electron chi connectivity index (χ3n) is 2.26. The van der Waals surface area contributed by atoms with Gasteiger partial charge in [-0.1, -0.05) is 0 Å². The second-order valence-corrected chi connectivity index (χ2v) is 4.05. The standard InChI is InChI=1S/C12H19FN2O/c1-9(2)16-7-6-15(3)12-5-4-10(14)8-11(12)13/h4-5,8-9H,6-7,14H2,1-3H3. The minimum absolute atomic E-state index is 0.199. The fraction of sp³-hybridized carbons (Fsp3) is 0.500. The molecule has 3 nitrogen and oxygen atoms in total. The van der Waals surface area contributed by atoms with Gasteiger partial charge in [-0.2, -0.15) is 0 Å². The van der Waals surface area contributed by atoms with Gasteiger partial charge in [-0.25, -0.2) is 4.39 Å². The highest BCUT2D eigenvalue weighted by Gasteiger charge is 2.07. The summed E-state index contributed by atoms with van der Waals surface area (Å²) in [7, 11) is 1.83. The molecule has 4 heteroatoms. The molecule has 1 aromatic carbocycles. The number of nitrogen functional groups attached to an aromatic ring is 1. The van der Waals surface area contributed by atoms with E-state index in [1.165, 1.54) is 6.07 Å². The van der Waals surface area contributed by atoms with Crippen LogP contribution in [-0.4, -0.2) is 26.3 Å². The maximum absolute atomic E-state index is 13.5. The molecule has 0 saturated heterocycles. The van der Waals surface area contributed by atoms with Crippen molar-refractivity contribution in [3.63, 3.8) is 0 Å². The van der Waals surface area contributed by atoms with E-state index in [1.807, 2.05) is 25.8 Å². The Labute approximate surface area is 96.0 Å². The molecule has 0 bridgehead atoms. The van der Waals surface area contributed by atoms with E-state index in [0.717, 1.165) is 0 Å². The number of hydrogen-bond donors (Lipinski definition) is 1. The second-order valence-electron chi connectivity index (χ2n) is 4.05. The van der Waals surface area contributed by atoms with Gasteiger partial charge in [0.05, 0.1) is 18.4 Å². The van der Waals surface area contributed by atoms with Crippen LogP contribution in [0.4, 0.5) is 15.8 Å². The van der Waals surface area contributed by atoms with Crippen molar-refractivity contribution < 1.29 is 9.13 Å². The van der Waals surface area contributed by atoms with E-state index < -0.39 is 0 Å². The van der Waals surface area contributed by atoms with Gasteiger partial charge in [-0.3, -0.25) is 0 Å². The Bertz CT molecular complexity index is 342. The number of nitrogens with zero attached hydrogens (tertiary/aromatic N) is 1. The first-order chi connectivity index (χ1) is 7.50. The molecule has 0 atom stereocenters. The number of hydrogen-bond acceptors (Lipinski definition) is 3. The van der Waals surface area contributed by atoms with Crippen LogP contribution in [0.15, 0.2) is 18.2 Å². The molecule has 90 valence electrons. The van der Waals surface area contributed by atoms with E-state index in [2.05, 4.69) is 0 Å². The lowest BCUT2D eigenvalue weighted by molar-refractivity contribution is 0.0845. The van der Waals surface area contributed by atoms with E-state index in [0.29, 0.717) is 24.5 Å². The summed E-state index contributed by atoms with van der Waals surface area (Å²) >= 11 is 0. The number of anilines is 2. The summed E-state index contributed by atoms with van der Waals surface area (Å²) < 4.78 is 18.9. The molecule has 0 aromatic heterocycles. The van der Waals surface area contributed by atoms with Crippen molar-refractivity contribution in [2.45, 2.75) is 20.0 Å². The van der Waals surface area contributed by atoms with Crippen molar-refractivity contribution in [1.29, 1.82) is 0 Å². The number of ether oxygens (including phenoxy) is 1. The molecule has 0 saturated carbocycles. The fourth-order valence-electron chi connectivity index (χ4n) is 1.38. The molecular formula is C12H19FN2O.